The Labute approximate surface area is 156 Å². The molecule has 1 aromatic rings. The van der Waals surface area contributed by atoms with Crippen molar-refractivity contribution < 1.29 is 14.3 Å². The molecule has 26 heavy (non-hydrogen) atoms. The third kappa shape index (κ3) is 5.11. The fourth-order valence-corrected chi connectivity index (χ4v) is 3.62. The van der Waals surface area contributed by atoms with Gasteiger partial charge in [-0.3, -0.25) is 9.69 Å². The number of hydrogen-bond acceptors (Lipinski definition) is 5. The van der Waals surface area contributed by atoms with Crippen LogP contribution in [0.2, 0.25) is 0 Å². The Bertz CT molecular complexity index is 587. The van der Waals surface area contributed by atoms with Crippen molar-refractivity contribution in [3.8, 4) is 11.5 Å². The van der Waals surface area contributed by atoms with Gasteiger partial charge in [-0.15, -0.1) is 0 Å². The summed E-state index contributed by atoms with van der Waals surface area (Å²) in [4.78, 5) is 17.0. The average molecular weight is 361 g/mol. The topological polar surface area (TPSA) is 54.0 Å². The first-order valence-corrected chi connectivity index (χ1v) is 9.80. The molecule has 3 rings (SSSR count). The summed E-state index contributed by atoms with van der Waals surface area (Å²) in [6, 6.07) is 8.04. The minimum absolute atomic E-state index is 0.0505. The lowest BCUT2D eigenvalue weighted by Gasteiger charge is -2.33. The normalized spacial score (nSPS) is 21.0. The lowest BCUT2D eigenvalue weighted by atomic mass is 10.1. The Morgan fingerprint density at radius 3 is 2.65 bits per heavy atom. The van der Waals surface area contributed by atoms with Crippen molar-refractivity contribution in [3.63, 3.8) is 0 Å². The van der Waals surface area contributed by atoms with Gasteiger partial charge >= 0.3 is 0 Å². The first kappa shape index (κ1) is 19.0. The van der Waals surface area contributed by atoms with Crippen molar-refractivity contribution in [2.24, 2.45) is 0 Å². The molecule has 2 aliphatic rings. The highest BCUT2D eigenvalue weighted by molar-refractivity contribution is 5.78. The van der Waals surface area contributed by atoms with Crippen LogP contribution in [0.1, 0.15) is 26.7 Å². The maximum absolute atomic E-state index is 12.4. The molecule has 144 valence electrons. The van der Waals surface area contributed by atoms with Crippen molar-refractivity contribution in [1.82, 2.24) is 15.1 Å². The zero-order valence-corrected chi connectivity index (χ0v) is 15.9. The summed E-state index contributed by atoms with van der Waals surface area (Å²) in [7, 11) is 0. The summed E-state index contributed by atoms with van der Waals surface area (Å²) in [5.74, 6) is 1.69. The highest BCUT2D eigenvalue weighted by atomic mass is 16.6. The maximum Gasteiger partial charge on any atom is 0.234 e. The van der Waals surface area contributed by atoms with E-state index in [1.807, 2.05) is 24.3 Å². The molecule has 0 bridgehead atoms. The molecule has 2 heterocycles. The Morgan fingerprint density at radius 1 is 1.23 bits per heavy atom. The van der Waals surface area contributed by atoms with Crippen molar-refractivity contribution in [2.75, 3.05) is 45.9 Å². The van der Waals surface area contributed by atoms with Gasteiger partial charge in [0.2, 0.25) is 5.91 Å². The Morgan fingerprint density at radius 2 is 1.96 bits per heavy atom. The number of nitrogens with one attached hydrogen (secondary N) is 1. The van der Waals surface area contributed by atoms with E-state index in [1.54, 1.807) is 0 Å². The third-order valence-corrected chi connectivity index (χ3v) is 5.24. The molecular weight excluding hydrogens is 330 g/mol. The maximum atomic E-state index is 12.4. The highest BCUT2D eigenvalue weighted by Gasteiger charge is 2.25. The van der Waals surface area contributed by atoms with E-state index in [2.05, 4.69) is 29.0 Å². The second kappa shape index (κ2) is 9.24. The molecule has 0 aromatic heterocycles. The van der Waals surface area contributed by atoms with Gasteiger partial charge in [0.05, 0.1) is 6.54 Å². The van der Waals surface area contributed by atoms with Gasteiger partial charge in [0, 0.05) is 25.7 Å². The van der Waals surface area contributed by atoms with Gasteiger partial charge < -0.3 is 19.7 Å². The minimum Gasteiger partial charge on any atom is -0.486 e. The summed E-state index contributed by atoms with van der Waals surface area (Å²) in [6.45, 7) is 9.93. The SMILES string of the molecule is CCN1CCC(NC(=O)CN(CC)CC2COc3ccccc3O2)CC1. The molecule has 0 saturated carbocycles. The molecule has 0 spiro atoms. The quantitative estimate of drug-likeness (QED) is 0.802. The van der Waals surface area contributed by atoms with Crippen molar-refractivity contribution in [3.05, 3.63) is 24.3 Å². The van der Waals surface area contributed by atoms with Crippen LogP contribution < -0.4 is 14.8 Å². The second-order valence-corrected chi connectivity index (χ2v) is 7.10. The van der Waals surface area contributed by atoms with Crippen LogP contribution in [-0.2, 0) is 4.79 Å². The molecule has 2 aliphatic heterocycles. The fraction of sp³-hybridized carbons (Fsp3) is 0.650. The van der Waals surface area contributed by atoms with Gasteiger partial charge in [-0.25, -0.2) is 0 Å². The molecule has 1 amide bonds. The van der Waals surface area contributed by atoms with Crippen LogP contribution in [0, 0.1) is 0 Å². The lowest BCUT2D eigenvalue weighted by molar-refractivity contribution is -0.123. The third-order valence-electron chi connectivity index (χ3n) is 5.24. The van der Waals surface area contributed by atoms with E-state index in [1.165, 1.54) is 0 Å². The summed E-state index contributed by atoms with van der Waals surface area (Å²) in [5, 5.41) is 3.20. The average Bonchev–Trinajstić information content (AvgIpc) is 2.68. The Balaban J connectivity index is 1.44. The van der Waals surface area contributed by atoms with Gasteiger partial charge in [-0.1, -0.05) is 26.0 Å². The van der Waals surface area contributed by atoms with Crippen LogP contribution in [0.25, 0.3) is 0 Å². The van der Waals surface area contributed by atoms with Crippen molar-refractivity contribution in [1.29, 1.82) is 0 Å². The molecule has 1 saturated heterocycles. The lowest BCUT2D eigenvalue weighted by Crippen LogP contribution is -2.49. The number of fused-ring (bicyclic) bond motifs is 1. The first-order chi connectivity index (χ1) is 12.7. The number of ether oxygens (including phenoxy) is 2. The summed E-state index contributed by atoms with van der Waals surface area (Å²) >= 11 is 0. The number of nitrogens with zero attached hydrogens (tertiary/aromatic N) is 2. The zero-order chi connectivity index (χ0) is 18.4. The molecule has 1 N–H and O–H groups in total. The molecule has 6 heteroatoms. The smallest absolute Gasteiger partial charge is 0.234 e. The van der Waals surface area contributed by atoms with E-state index in [0.29, 0.717) is 25.7 Å². The number of amides is 1. The number of benzene rings is 1. The predicted molar refractivity (Wildman–Crippen MR) is 102 cm³/mol. The number of piperidine rings is 1. The van der Waals surface area contributed by atoms with Gasteiger partial charge in [-0.2, -0.15) is 0 Å². The number of para-hydroxylation sites is 2. The minimum atomic E-state index is -0.0505. The van der Waals surface area contributed by atoms with E-state index < -0.39 is 0 Å². The summed E-state index contributed by atoms with van der Waals surface area (Å²) in [6.07, 6.45) is 2.04. The van der Waals surface area contributed by atoms with Crippen LogP contribution in [0.3, 0.4) is 0 Å². The monoisotopic (exact) mass is 361 g/mol. The van der Waals surface area contributed by atoms with E-state index >= 15 is 0 Å². The summed E-state index contributed by atoms with van der Waals surface area (Å²) < 4.78 is 11.8. The zero-order valence-electron chi connectivity index (χ0n) is 15.9. The number of carbonyl (C=O) groups is 1. The Hall–Kier alpha value is -1.79. The Kier molecular flexibility index (Phi) is 6.74. The molecule has 1 aromatic carbocycles. The van der Waals surface area contributed by atoms with Crippen LogP contribution in [0.15, 0.2) is 24.3 Å². The van der Waals surface area contributed by atoms with Crippen LogP contribution in [0.4, 0.5) is 0 Å². The van der Waals surface area contributed by atoms with Crippen LogP contribution in [-0.4, -0.2) is 73.7 Å². The summed E-state index contributed by atoms with van der Waals surface area (Å²) in [5.41, 5.74) is 0. The highest BCUT2D eigenvalue weighted by Crippen LogP contribution is 2.30. The molecule has 1 fully saturated rings. The van der Waals surface area contributed by atoms with Gasteiger partial charge in [0.1, 0.15) is 12.7 Å². The van der Waals surface area contributed by atoms with E-state index in [-0.39, 0.29) is 12.0 Å². The van der Waals surface area contributed by atoms with Crippen molar-refractivity contribution in [2.45, 2.75) is 38.8 Å². The standard InChI is InChI=1S/C20H31N3O3/c1-3-22-11-9-16(10-12-22)21-20(24)14-23(4-2)13-17-15-25-18-7-5-6-8-19(18)26-17/h5-8,16-17H,3-4,9-15H2,1-2H3,(H,21,24). The van der Waals surface area contributed by atoms with E-state index in [4.69, 9.17) is 9.47 Å². The van der Waals surface area contributed by atoms with Crippen LogP contribution >= 0.6 is 0 Å². The van der Waals surface area contributed by atoms with E-state index in [0.717, 1.165) is 50.5 Å². The van der Waals surface area contributed by atoms with Gasteiger partial charge in [0.25, 0.3) is 0 Å². The molecule has 0 radical (unpaired) electrons. The van der Waals surface area contributed by atoms with Crippen LogP contribution in [0.5, 0.6) is 11.5 Å². The molecule has 1 atom stereocenters. The molecule has 0 aliphatic carbocycles. The van der Waals surface area contributed by atoms with Crippen molar-refractivity contribution >= 4 is 5.91 Å². The van der Waals surface area contributed by atoms with E-state index in [9.17, 15) is 4.79 Å². The van der Waals surface area contributed by atoms with Gasteiger partial charge in [-0.05, 0) is 38.1 Å². The molecule has 6 nitrogen and oxygen atoms in total. The fourth-order valence-electron chi connectivity index (χ4n) is 3.62. The number of likely N-dealkylation sites (tertiary alicyclic amines) is 1. The molecular formula is C20H31N3O3. The molecule has 1 unspecified atom stereocenters. The largest absolute Gasteiger partial charge is 0.486 e. The first-order valence-electron chi connectivity index (χ1n) is 9.80. The second-order valence-electron chi connectivity index (χ2n) is 7.10. The van der Waals surface area contributed by atoms with Gasteiger partial charge in [0.15, 0.2) is 11.5 Å². The number of carbonyl (C=O) groups excluding carboxylic acids is 1. The number of hydrogen-bond donors (Lipinski definition) is 1. The predicted octanol–water partition coefficient (Wildman–Crippen LogP) is 1.75. The number of likely N-dealkylation sites (N-methyl/N-ethyl adjacent to an activating group) is 1. The number of rotatable bonds is 7.